The van der Waals surface area contributed by atoms with E-state index < -0.39 is 11.2 Å². The van der Waals surface area contributed by atoms with Gasteiger partial charge in [0.1, 0.15) is 12.4 Å². The number of halogens is 1. The number of imidazole rings is 1. The lowest BCUT2D eigenvalue weighted by molar-refractivity contribution is 0.300. The van der Waals surface area contributed by atoms with Gasteiger partial charge in [0.25, 0.3) is 5.56 Å². The number of fused-ring (bicyclic) bond motifs is 1. The molecule has 0 aliphatic carbocycles. The predicted octanol–water partition coefficient (Wildman–Crippen LogP) is 3.27. The van der Waals surface area contributed by atoms with Gasteiger partial charge in [0.2, 0.25) is 0 Å². The van der Waals surface area contributed by atoms with Crippen LogP contribution in [0, 0.1) is 0 Å². The van der Waals surface area contributed by atoms with E-state index in [2.05, 4.69) is 11.6 Å². The minimum atomic E-state index is -0.500. The molecule has 4 aromatic rings. The zero-order chi connectivity index (χ0) is 21.1. The third-order valence-corrected chi connectivity index (χ3v) is 4.86. The Morgan fingerprint density at radius 3 is 2.63 bits per heavy atom. The maximum absolute atomic E-state index is 13.1. The molecule has 0 aliphatic rings. The van der Waals surface area contributed by atoms with Gasteiger partial charge >= 0.3 is 5.69 Å². The molecule has 0 fully saturated rings. The summed E-state index contributed by atoms with van der Waals surface area (Å²) in [5.74, 6) is 0.738. The summed E-state index contributed by atoms with van der Waals surface area (Å²) in [6.45, 7) is 4.47. The van der Waals surface area contributed by atoms with Crippen LogP contribution in [0.1, 0.15) is 0 Å². The molecule has 0 N–H and O–H groups in total. The Morgan fingerprint density at radius 1 is 1.10 bits per heavy atom. The van der Waals surface area contributed by atoms with Crippen LogP contribution in [-0.4, -0.2) is 25.3 Å². The summed E-state index contributed by atoms with van der Waals surface area (Å²) >= 11 is 6.12. The van der Waals surface area contributed by atoms with Crippen LogP contribution in [0.3, 0.4) is 0 Å². The average molecular weight is 423 g/mol. The summed E-state index contributed by atoms with van der Waals surface area (Å²) in [5.41, 5.74) is 0.187. The van der Waals surface area contributed by atoms with Gasteiger partial charge in [-0.1, -0.05) is 41.9 Å². The number of hydrogen-bond acceptors (Lipinski definition) is 4. The fraction of sp³-hybridized carbons (Fsp3) is 0.136. The fourth-order valence-corrected chi connectivity index (χ4v) is 3.45. The number of aromatic nitrogens is 4. The molecule has 2 aromatic carbocycles. The van der Waals surface area contributed by atoms with Gasteiger partial charge in [-0.3, -0.25) is 9.36 Å². The van der Waals surface area contributed by atoms with Crippen LogP contribution >= 0.6 is 11.6 Å². The molecule has 0 radical (unpaired) electrons. The molecule has 0 saturated heterocycles. The summed E-state index contributed by atoms with van der Waals surface area (Å²) in [6, 6.07) is 16.3. The van der Waals surface area contributed by atoms with E-state index in [1.165, 1.54) is 10.6 Å². The molecule has 0 aliphatic heterocycles. The van der Waals surface area contributed by atoms with E-state index >= 15 is 0 Å². The molecular formula is C22H19ClN4O3. The van der Waals surface area contributed by atoms with Crippen molar-refractivity contribution in [2.45, 2.75) is 13.1 Å². The van der Waals surface area contributed by atoms with E-state index in [0.29, 0.717) is 29.4 Å². The number of benzene rings is 2. The first-order chi connectivity index (χ1) is 14.6. The third kappa shape index (κ3) is 3.67. The Morgan fingerprint density at radius 2 is 1.90 bits per heavy atom. The number of allylic oxidation sites excluding steroid dienone is 1. The molecular weight excluding hydrogens is 404 g/mol. The highest BCUT2D eigenvalue weighted by molar-refractivity contribution is 6.30. The van der Waals surface area contributed by atoms with Crippen molar-refractivity contribution >= 4 is 22.8 Å². The Hall–Kier alpha value is -3.58. The lowest BCUT2D eigenvalue weighted by Crippen LogP contribution is -2.39. The Balaban J connectivity index is 1.81. The molecule has 2 aromatic heterocycles. The van der Waals surface area contributed by atoms with Crippen molar-refractivity contribution in [2.24, 2.45) is 0 Å². The van der Waals surface area contributed by atoms with Crippen molar-refractivity contribution < 1.29 is 4.74 Å². The summed E-state index contributed by atoms with van der Waals surface area (Å²) in [7, 11) is 0. The van der Waals surface area contributed by atoms with E-state index in [-0.39, 0.29) is 12.2 Å². The van der Waals surface area contributed by atoms with Crippen molar-refractivity contribution in [3.63, 3.8) is 0 Å². The van der Waals surface area contributed by atoms with Crippen molar-refractivity contribution in [2.75, 3.05) is 6.61 Å². The first kappa shape index (κ1) is 19.7. The molecule has 7 nitrogen and oxygen atoms in total. The normalized spacial score (nSPS) is 11.0. The Kier molecular flexibility index (Phi) is 5.54. The molecule has 152 valence electrons. The van der Waals surface area contributed by atoms with Crippen LogP contribution in [0.4, 0.5) is 0 Å². The molecule has 0 saturated carbocycles. The van der Waals surface area contributed by atoms with Gasteiger partial charge < -0.3 is 9.30 Å². The van der Waals surface area contributed by atoms with Crippen molar-refractivity contribution in [3.8, 4) is 11.4 Å². The highest BCUT2D eigenvalue weighted by Crippen LogP contribution is 2.17. The van der Waals surface area contributed by atoms with Gasteiger partial charge in [-0.05, 0) is 30.3 Å². The van der Waals surface area contributed by atoms with E-state index in [4.69, 9.17) is 16.3 Å². The molecule has 0 amide bonds. The highest BCUT2D eigenvalue weighted by atomic mass is 35.5. The van der Waals surface area contributed by atoms with Crippen LogP contribution in [0.15, 0.2) is 83.2 Å². The van der Waals surface area contributed by atoms with Gasteiger partial charge in [-0.15, -0.1) is 6.58 Å². The lowest BCUT2D eigenvalue weighted by atomic mass is 10.3. The molecule has 8 heteroatoms. The van der Waals surface area contributed by atoms with Crippen molar-refractivity contribution in [1.82, 2.24) is 18.7 Å². The zero-order valence-corrected chi connectivity index (χ0v) is 16.8. The molecule has 0 bridgehead atoms. The van der Waals surface area contributed by atoms with Crippen molar-refractivity contribution in [3.05, 3.63) is 99.4 Å². The standard InChI is InChI=1S/C22H19ClN4O3/c1-2-11-26-21(28)19-20(27(22(26)29)17-8-6-7-16(23)14-17)24-15-25(19)12-13-30-18-9-4-3-5-10-18/h2-10,14-15H,1,11-13H2. The Bertz CT molecular complexity index is 1320. The van der Waals surface area contributed by atoms with Crippen molar-refractivity contribution in [1.29, 1.82) is 0 Å². The fourth-order valence-electron chi connectivity index (χ4n) is 3.27. The summed E-state index contributed by atoms with van der Waals surface area (Å²) in [4.78, 5) is 30.5. The molecule has 0 spiro atoms. The second kappa shape index (κ2) is 8.42. The van der Waals surface area contributed by atoms with Crippen LogP contribution in [0.25, 0.3) is 16.9 Å². The van der Waals surface area contributed by atoms with E-state index in [9.17, 15) is 9.59 Å². The van der Waals surface area contributed by atoms with E-state index in [1.54, 1.807) is 35.2 Å². The van der Waals surface area contributed by atoms with Crippen LogP contribution in [0.2, 0.25) is 5.02 Å². The third-order valence-electron chi connectivity index (χ3n) is 4.62. The molecule has 0 atom stereocenters. The van der Waals surface area contributed by atoms with Crippen LogP contribution in [0.5, 0.6) is 5.75 Å². The summed E-state index contributed by atoms with van der Waals surface area (Å²) in [6.07, 6.45) is 3.05. The van der Waals surface area contributed by atoms with Crippen LogP contribution < -0.4 is 16.0 Å². The summed E-state index contributed by atoms with van der Waals surface area (Å²) in [5, 5.41) is 0.477. The van der Waals surface area contributed by atoms with Crippen LogP contribution in [-0.2, 0) is 13.1 Å². The van der Waals surface area contributed by atoms with E-state index in [0.717, 1.165) is 10.3 Å². The molecule has 2 heterocycles. The number of nitrogens with zero attached hydrogens (tertiary/aromatic N) is 4. The predicted molar refractivity (Wildman–Crippen MR) is 117 cm³/mol. The lowest BCUT2D eigenvalue weighted by Gasteiger charge is -2.12. The molecule has 0 unspecified atom stereocenters. The van der Waals surface area contributed by atoms with Gasteiger partial charge in [0, 0.05) is 11.6 Å². The SMILES string of the molecule is C=CCn1c(=O)c2c(ncn2CCOc2ccccc2)n(-c2cccc(Cl)c2)c1=O. The van der Waals surface area contributed by atoms with Gasteiger partial charge in [-0.25, -0.2) is 14.3 Å². The van der Waals surface area contributed by atoms with Gasteiger partial charge in [-0.2, -0.15) is 0 Å². The second-order valence-electron chi connectivity index (χ2n) is 6.57. The average Bonchev–Trinajstić information content (AvgIpc) is 3.16. The summed E-state index contributed by atoms with van der Waals surface area (Å²) < 4.78 is 9.96. The highest BCUT2D eigenvalue weighted by Gasteiger charge is 2.18. The van der Waals surface area contributed by atoms with Gasteiger partial charge in [0.15, 0.2) is 11.2 Å². The number of hydrogen-bond donors (Lipinski definition) is 0. The van der Waals surface area contributed by atoms with Gasteiger partial charge in [0.05, 0.1) is 18.6 Å². The topological polar surface area (TPSA) is 71.0 Å². The monoisotopic (exact) mass is 422 g/mol. The Labute approximate surface area is 177 Å². The minimum absolute atomic E-state index is 0.0832. The molecule has 4 rings (SSSR count). The first-order valence-corrected chi connectivity index (χ1v) is 9.73. The number of rotatable bonds is 7. The minimum Gasteiger partial charge on any atom is -0.492 e. The quantitative estimate of drug-likeness (QED) is 0.428. The first-order valence-electron chi connectivity index (χ1n) is 9.35. The largest absolute Gasteiger partial charge is 0.492 e. The number of para-hydroxylation sites is 1. The van der Waals surface area contributed by atoms with E-state index in [1.807, 2.05) is 30.3 Å². The second-order valence-corrected chi connectivity index (χ2v) is 7.01. The maximum atomic E-state index is 13.1. The zero-order valence-electron chi connectivity index (χ0n) is 16.1. The molecule has 30 heavy (non-hydrogen) atoms. The number of ether oxygens (including phenoxy) is 1. The smallest absolute Gasteiger partial charge is 0.337 e. The maximum Gasteiger partial charge on any atom is 0.337 e.